The molecule has 2 aromatic carbocycles. The van der Waals surface area contributed by atoms with Crippen LogP contribution in [0.25, 0.3) is 11.3 Å². The van der Waals surface area contributed by atoms with Gasteiger partial charge in [-0.3, -0.25) is 0 Å². The van der Waals surface area contributed by atoms with Crippen molar-refractivity contribution in [1.29, 1.82) is 0 Å². The highest BCUT2D eigenvalue weighted by Crippen LogP contribution is 2.22. The third-order valence-electron chi connectivity index (χ3n) is 3.61. The number of carbonyl (C=O) groups excluding carboxylic acids is 1. The molecule has 25 heavy (non-hydrogen) atoms. The van der Waals surface area contributed by atoms with E-state index >= 15 is 0 Å². The normalized spacial score (nSPS) is 10.8. The van der Waals surface area contributed by atoms with Crippen molar-refractivity contribution >= 4 is 17.3 Å². The number of hydrogen-bond donors (Lipinski definition) is 0. The minimum Gasteiger partial charge on any atom is -0.455 e. The van der Waals surface area contributed by atoms with Gasteiger partial charge in [-0.15, -0.1) is 11.3 Å². The van der Waals surface area contributed by atoms with E-state index in [1.807, 2.05) is 68.0 Å². The van der Waals surface area contributed by atoms with Crippen LogP contribution < -0.4 is 0 Å². The Morgan fingerprint density at radius 1 is 1.12 bits per heavy atom. The van der Waals surface area contributed by atoms with Gasteiger partial charge in [0, 0.05) is 17.5 Å². The summed E-state index contributed by atoms with van der Waals surface area (Å²) in [5.74, 6) is -0.322. The number of hydrogen-bond acceptors (Lipinski definition) is 5. The lowest BCUT2D eigenvalue weighted by Crippen LogP contribution is -2.12. The lowest BCUT2D eigenvalue weighted by atomic mass is 10.1. The van der Waals surface area contributed by atoms with E-state index in [4.69, 9.17) is 4.74 Å². The smallest absolute Gasteiger partial charge is 0.338 e. The summed E-state index contributed by atoms with van der Waals surface area (Å²) in [6.45, 7) is 0.974. The molecule has 0 atom stereocenters. The summed E-state index contributed by atoms with van der Waals surface area (Å²) in [6.07, 6.45) is 0. The van der Waals surface area contributed by atoms with E-state index in [0.29, 0.717) is 5.56 Å². The molecule has 128 valence electrons. The van der Waals surface area contributed by atoms with E-state index in [0.717, 1.165) is 28.4 Å². The Kier molecular flexibility index (Phi) is 5.58. The van der Waals surface area contributed by atoms with Gasteiger partial charge in [-0.25, -0.2) is 9.78 Å². The van der Waals surface area contributed by atoms with Gasteiger partial charge < -0.3 is 9.64 Å². The summed E-state index contributed by atoms with van der Waals surface area (Å²) in [7, 11) is 4.00. The van der Waals surface area contributed by atoms with E-state index < -0.39 is 0 Å². The van der Waals surface area contributed by atoms with Crippen molar-refractivity contribution in [1.82, 2.24) is 9.88 Å². The number of ether oxygens (including phenoxy) is 1. The molecule has 3 rings (SSSR count). The van der Waals surface area contributed by atoms with Crippen molar-refractivity contribution in [2.45, 2.75) is 13.2 Å². The van der Waals surface area contributed by atoms with Gasteiger partial charge in [0.05, 0.1) is 11.3 Å². The van der Waals surface area contributed by atoms with Crippen molar-refractivity contribution in [3.8, 4) is 11.3 Å². The summed E-state index contributed by atoms with van der Waals surface area (Å²) in [4.78, 5) is 18.9. The highest BCUT2D eigenvalue weighted by molar-refractivity contribution is 7.09. The minimum absolute atomic E-state index is 0.189. The predicted octanol–water partition coefficient (Wildman–Crippen LogP) is 4.23. The molecule has 0 aliphatic rings. The molecule has 5 heteroatoms. The maximum absolute atomic E-state index is 12.3. The Morgan fingerprint density at radius 2 is 1.92 bits per heavy atom. The van der Waals surface area contributed by atoms with Crippen LogP contribution in [0.2, 0.25) is 0 Å². The van der Waals surface area contributed by atoms with Crippen LogP contribution in [0, 0.1) is 0 Å². The van der Waals surface area contributed by atoms with Gasteiger partial charge in [0.2, 0.25) is 0 Å². The zero-order chi connectivity index (χ0) is 17.6. The molecular weight excluding hydrogens is 332 g/mol. The molecule has 0 spiro atoms. The molecule has 0 bridgehead atoms. The summed E-state index contributed by atoms with van der Waals surface area (Å²) in [5, 5.41) is 2.77. The summed E-state index contributed by atoms with van der Waals surface area (Å²) >= 11 is 1.50. The van der Waals surface area contributed by atoms with Crippen molar-refractivity contribution in [2.75, 3.05) is 14.1 Å². The van der Waals surface area contributed by atoms with Gasteiger partial charge in [-0.1, -0.05) is 42.5 Å². The van der Waals surface area contributed by atoms with E-state index in [1.54, 1.807) is 6.07 Å². The number of nitrogens with zero attached hydrogens (tertiary/aromatic N) is 2. The highest BCUT2D eigenvalue weighted by Gasteiger charge is 2.11. The van der Waals surface area contributed by atoms with Gasteiger partial charge in [0.1, 0.15) is 11.6 Å². The first-order valence-electron chi connectivity index (χ1n) is 8.02. The quantitative estimate of drug-likeness (QED) is 0.623. The Hall–Kier alpha value is -2.50. The SMILES string of the molecule is CN(C)Cc1cccc(C(=O)OCc2nc(-c3ccccc3)cs2)c1. The molecule has 0 radical (unpaired) electrons. The standard InChI is InChI=1S/C20H20N2O2S/c1-22(2)12-15-7-6-10-17(11-15)20(23)24-13-19-21-18(14-25-19)16-8-4-3-5-9-16/h3-11,14H,12-13H2,1-2H3. The third kappa shape index (κ3) is 4.75. The maximum atomic E-state index is 12.3. The third-order valence-corrected chi connectivity index (χ3v) is 4.43. The maximum Gasteiger partial charge on any atom is 0.338 e. The summed E-state index contributed by atoms with van der Waals surface area (Å²) in [6, 6.07) is 17.5. The zero-order valence-electron chi connectivity index (χ0n) is 14.3. The number of esters is 1. The van der Waals surface area contributed by atoms with Gasteiger partial charge >= 0.3 is 5.97 Å². The van der Waals surface area contributed by atoms with Crippen LogP contribution in [-0.2, 0) is 17.9 Å². The van der Waals surface area contributed by atoms with E-state index in [9.17, 15) is 4.79 Å². The first kappa shape index (κ1) is 17.3. The van der Waals surface area contributed by atoms with Gasteiger partial charge in [-0.2, -0.15) is 0 Å². The lowest BCUT2D eigenvalue weighted by molar-refractivity contribution is 0.0472. The van der Waals surface area contributed by atoms with Crippen molar-refractivity contribution in [3.05, 3.63) is 76.1 Å². The van der Waals surface area contributed by atoms with Crippen LogP contribution in [0.4, 0.5) is 0 Å². The van der Waals surface area contributed by atoms with Crippen LogP contribution in [0.3, 0.4) is 0 Å². The molecule has 0 amide bonds. The Morgan fingerprint density at radius 3 is 2.68 bits per heavy atom. The minimum atomic E-state index is -0.322. The lowest BCUT2D eigenvalue weighted by Gasteiger charge is -2.10. The molecule has 0 saturated heterocycles. The number of benzene rings is 2. The first-order valence-corrected chi connectivity index (χ1v) is 8.90. The molecule has 0 fully saturated rings. The first-order chi connectivity index (χ1) is 12.1. The molecule has 1 heterocycles. The summed E-state index contributed by atoms with van der Waals surface area (Å²) < 4.78 is 5.42. The molecule has 0 saturated carbocycles. The number of thiazole rings is 1. The molecule has 0 unspecified atom stereocenters. The number of carbonyl (C=O) groups is 1. The molecule has 3 aromatic rings. The van der Waals surface area contributed by atoms with Crippen molar-refractivity contribution in [2.24, 2.45) is 0 Å². The second-order valence-electron chi connectivity index (χ2n) is 6.01. The van der Waals surface area contributed by atoms with E-state index in [2.05, 4.69) is 9.88 Å². The van der Waals surface area contributed by atoms with E-state index in [1.165, 1.54) is 11.3 Å². The fourth-order valence-electron chi connectivity index (χ4n) is 2.49. The number of rotatable bonds is 6. The van der Waals surface area contributed by atoms with Crippen LogP contribution in [0.1, 0.15) is 20.9 Å². The zero-order valence-corrected chi connectivity index (χ0v) is 15.1. The molecule has 0 aliphatic heterocycles. The van der Waals surface area contributed by atoms with Crippen LogP contribution in [-0.4, -0.2) is 29.9 Å². The largest absolute Gasteiger partial charge is 0.455 e. The average molecular weight is 352 g/mol. The van der Waals surface area contributed by atoms with Crippen LogP contribution in [0.15, 0.2) is 60.0 Å². The number of aromatic nitrogens is 1. The molecule has 4 nitrogen and oxygen atoms in total. The molecular formula is C20H20N2O2S. The van der Waals surface area contributed by atoms with Gasteiger partial charge in [0.25, 0.3) is 0 Å². The molecule has 0 N–H and O–H groups in total. The second-order valence-corrected chi connectivity index (χ2v) is 6.95. The van der Waals surface area contributed by atoms with Gasteiger partial charge in [-0.05, 0) is 31.8 Å². The van der Waals surface area contributed by atoms with Gasteiger partial charge in [0.15, 0.2) is 0 Å². The highest BCUT2D eigenvalue weighted by atomic mass is 32.1. The van der Waals surface area contributed by atoms with Crippen LogP contribution in [0.5, 0.6) is 0 Å². The topological polar surface area (TPSA) is 42.4 Å². The Bertz CT molecular complexity index is 844. The summed E-state index contributed by atoms with van der Waals surface area (Å²) in [5.41, 5.74) is 3.62. The Balaban J connectivity index is 1.62. The fourth-order valence-corrected chi connectivity index (χ4v) is 3.21. The fraction of sp³-hybridized carbons (Fsp3) is 0.200. The van der Waals surface area contributed by atoms with Crippen LogP contribution >= 0.6 is 11.3 Å². The Labute approximate surface area is 151 Å². The van der Waals surface area contributed by atoms with Crippen molar-refractivity contribution in [3.63, 3.8) is 0 Å². The predicted molar refractivity (Wildman–Crippen MR) is 101 cm³/mol. The second kappa shape index (κ2) is 8.05. The molecule has 0 aliphatic carbocycles. The van der Waals surface area contributed by atoms with E-state index in [-0.39, 0.29) is 12.6 Å². The monoisotopic (exact) mass is 352 g/mol. The molecule has 1 aromatic heterocycles. The average Bonchev–Trinajstić information content (AvgIpc) is 3.09. The van der Waals surface area contributed by atoms with Crippen molar-refractivity contribution < 1.29 is 9.53 Å².